The van der Waals surface area contributed by atoms with Crippen LogP contribution in [0.1, 0.15) is 10.5 Å². The van der Waals surface area contributed by atoms with Gasteiger partial charge >= 0.3 is 0 Å². The number of pyridine rings is 1. The zero-order valence-corrected chi connectivity index (χ0v) is 11.4. The van der Waals surface area contributed by atoms with E-state index in [1.54, 1.807) is 11.9 Å². The fourth-order valence-corrected chi connectivity index (χ4v) is 2.07. The van der Waals surface area contributed by atoms with E-state index in [1.165, 1.54) is 23.1 Å². The van der Waals surface area contributed by atoms with Gasteiger partial charge in [0.05, 0.1) is 6.54 Å². The third kappa shape index (κ3) is 3.45. The van der Waals surface area contributed by atoms with Crippen LogP contribution in [0, 0.1) is 0 Å². The fourth-order valence-electron chi connectivity index (χ4n) is 2.07. The zero-order valence-electron chi connectivity index (χ0n) is 11.4. The summed E-state index contributed by atoms with van der Waals surface area (Å²) in [7, 11) is 1.55. The molecule has 1 aliphatic heterocycles. The number of H-pyrrole nitrogens is 1. The topological polar surface area (TPSA) is 85.5 Å². The summed E-state index contributed by atoms with van der Waals surface area (Å²) in [5.74, 6) is -0.452. The molecule has 0 aliphatic carbocycles. The van der Waals surface area contributed by atoms with Crippen LogP contribution in [0.5, 0.6) is 0 Å². The second-order valence-electron chi connectivity index (χ2n) is 4.72. The summed E-state index contributed by atoms with van der Waals surface area (Å²) in [6.07, 6.45) is 0. The average molecular weight is 278 g/mol. The van der Waals surface area contributed by atoms with Gasteiger partial charge in [-0.25, -0.2) is 0 Å². The Bertz CT molecular complexity index is 549. The SMILES string of the molecule is CN(CC(=O)N1CCNCC1)C(=O)c1cccc(=O)[nH]1. The number of carbonyl (C=O) groups is 2. The van der Waals surface area contributed by atoms with Gasteiger partial charge in [-0.2, -0.15) is 0 Å². The molecular weight excluding hydrogens is 260 g/mol. The van der Waals surface area contributed by atoms with Crippen molar-refractivity contribution in [2.75, 3.05) is 39.8 Å². The van der Waals surface area contributed by atoms with Crippen molar-refractivity contribution in [1.82, 2.24) is 20.1 Å². The monoisotopic (exact) mass is 278 g/mol. The van der Waals surface area contributed by atoms with Crippen molar-refractivity contribution in [2.24, 2.45) is 0 Å². The summed E-state index contributed by atoms with van der Waals surface area (Å²) in [6, 6.07) is 4.37. The minimum atomic E-state index is -0.369. The van der Waals surface area contributed by atoms with Crippen LogP contribution < -0.4 is 10.9 Å². The van der Waals surface area contributed by atoms with Gasteiger partial charge in [0.2, 0.25) is 11.5 Å². The normalized spacial score (nSPS) is 14.9. The Morgan fingerprint density at radius 3 is 2.65 bits per heavy atom. The molecule has 2 amide bonds. The number of rotatable bonds is 3. The second-order valence-corrected chi connectivity index (χ2v) is 4.72. The maximum Gasteiger partial charge on any atom is 0.270 e. The Morgan fingerprint density at radius 2 is 2.00 bits per heavy atom. The van der Waals surface area contributed by atoms with Gasteiger partial charge < -0.3 is 20.1 Å². The Hall–Kier alpha value is -2.15. The van der Waals surface area contributed by atoms with Crippen molar-refractivity contribution < 1.29 is 9.59 Å². The maximum absolute atomic E-state index is 12.1. The molecule has 108 valence electrons. The van der Waals surface area contributed by atoms with Crippen molar-refractivity contribution in [2.45, 2.75) is 0 Å². The fraction of sp³-hybridized carbons (Fsp3) is 0.462. The number of aromatic nitrogens is 1. The first-order valence-corrected chi connectivity index (χ1v) is 6.51. The molecular formula is C13H18N4O3. The number of aromatic amines is 1. The van der Waals surface area contributed by atoms with Gasteiger partial charge in [0, 0.05) is 39.3 Å². The van der Waals surface area contributed by atoms with E-state index in [0.717, 1.165) is 13.1 Å². The number of amides is 2. The van der Waals surface area contributed by atoms with E-state index in [4.69, 9.17) is 0 Å². The molecule has 0 bridgehead atoms. The molecule has 1 fully saturated rings. The minimum Gasteiger partial charge on any atom is -0.339 e. The number of carbonyl (C=O) groups excluding carboxylic acids is 2. The molecule has 20 heavy (non-hydrogen) atoms. The molecule has 1 aliphatic rings. The van der Waals surface area contributed by atoms with Gasteiger partial charge in [-0.1, -0.05) is 6.07 Å². The van der Waals surface area contributed by atoms with Crippen LogP contribution in [0.2, 0.25) is 0 Å². The summed E-state index contributed by atoms with van der Waals surface area (Å²) >= 11 is 0. The summed E-state index contributed by atoms with van der Waals surface area (Å²) < 4.78 is 0. The smallest absolute Gasteiger partial charge is 0.270 e. The van der Waals surface area contributed by atoms with Gasteiger partial charge in [-0.15, -0.1) is 0 Å². The van der Waals surface area contributed by atoms with Crippen LogP contribution in [0.3, 0.4) is 0 Å². The molecule has 0 saturated carbocycles. The largest absolute Gasteiger partial charge is 0.339 e. The Kier molecular flexibility index (Phi) is 4.52. The third-order valence-corrected chi connectivity index (χ3v) is 3.19. The summed E-state index contributed by atoms with van der Waals surface area (Å²) in [5, 5.41) is 3.16. The summed E-state index contributed by atoms with van der Waals surface area (Å²) in [5.41, 5.74) is -0.147. The summed E-state index contributed by atoms with van der Waals surface area (Å²) in [6.45, 7) is 2.87. The molecule has 1 saturated heterocycles. The van der Waals surface area contributed by atoms with Crippen molar-refractivity contribution in [3.05, 3.63) is 34.2 Å². The zero-order chi connectivity index (χ0) is 14.5. The molecule has 7 heteroatoms. The van der Waals surface area contributed by atoms with Gasteiger partial charge in [-0.3, -0.25) is 14.4 Å². The third-order valence-electron chi connectivity index (χ3n) is 3.19. The first kappa shape index (κ1) is 14.3. The van der Waals surface area contributed by atoms with E-state index >= 15 is 0 Å². The van der Waals surface area contributed by atoms with Gasteiger partial charge in [0.1, 0.15) is 5.69 Å². The highest BCUT2D eigenvalue weighted by Crippen LogP contribution is 2.00. The molecule has 2 N–H and O–H groups in total. The average Bonchev–Trinajstić information content (AvgIpc) is 2.47. The molecule has 2 rings (SSSR count). The lowest BCUT2D eigenvalue weighted by Crippen LogP contribution is -2.49. The van der Waals surface area contributed by atoms with Crippen molar-refractivity contribution >= 4 is 11.8 Å². The van der Waals surface area contributed by atoms with E-state index < -0.39 is 0 Å². The number of hydrogen-bond acceptors (Lipinski definition) is 4. The van der Waals surface area contributed by atoms with Crippen molar-refractivity contribution in [3.8, 4) is 0 Å². The Balaban J connectivity index is 1.97. The van der Waals surface area contributed by atoms with Crippen LogP contribution in [0.15, 0.2) is 23.0 Å². The Labute approximate surface area is 116 Å². The van der Waals surface area contributed by atoms with Crippen molar-refractivity contribution in [3.63, 3.8) is 0 Å². The first-order chi connectivity index (χ1) is 9.58. The van der Waals surface area contributed by atoms with Crippen LogP contribution in [-0.4, -0.2) is 66.4 Å². The molecule has 0 radical (unpaired) electrons. The quantitative estimate of drug-likeness (QED) is 0.733. The molecule has 0 aromatic carbocycles. The predicted molar refractivity (Wildman–Crippen MR) is 73.5 cm³/mol. The maximum atomic E-state index is 12.1. The lowest BCUT2D eigenvalue weighted by molar-refractivity contribution is -0.132. The number of hydrogen-bond donors (Lipinski definition) is 2. The number of nitrogens with zero attached hydrogens (tertiary/aromatic N) is 2. The summed E-state index contributed by atoms with van der Waals surface area (Å²) in [4.78, 5) is 40.8. The standard InChI is InChI=1S/C13H18N4O3/c1-16(9-12(19)17-7-5-14-6-8-17)13(20)10-3-2-4-11(18)15-10/h2-4,14H,5-9H2,1H3,(H,15,18). The molecule has 7 nitrogen and oxygen atoms in total. The molecule has 2 heterocycles. The second kappa shape index (κ2) is 6.33. The highest BCUT2D eigenvalue weighted by atomic mass is 16.2. The van der Waals surface area contributed by atoms with E-state index in [-0.39, 0.29) is 29.6 Å². The van der Waals surface area contributed by atoms with E-state index in [9.17, 15) is 14.4 Å². The van der Waals surface area contributed by atoms with E-state index in [1.807, 2.05) is 0 Å². The van der Waals surface area contributed by atoms with Crippen LogP contribution >= 0.6 is 0 Å². The molecule has 1 aromatic rings. The van der Waals surface area contributed by atoms with Crippen molar-refractivity contribution in [1.29, 1.82) is 0 Å². The number of nitrogens with one attached hydrogen (secondary N) is 2. The van der Waals surface area contributed by atoms with E-state index in [0.29, 0.717) is 13.1 Å². The predicted octanol–water partition coefficient (Wildman–Crippen LogP) is -1.12. The minimum absolute atomic E-state index is 0.00968. The molecule has 0 unspecified atom stereocenters. The molecule has 1 aromatic heterocycles. The molecule has 0 atom stereocenters. The van der Waals surface area contributed by atoms with Crippen LogP contribution in [0.25, 0.3) is 0 Å². The first-order valence-electron chi connectivity index (χ1n) is 6.51. The number of likely N-dealkylation sites (N-methyl/N-ethyl adjacent to an activating group) is 1. The van der Waals surface area contributed by atoms with Gasteiger partial charge in [0.15, 0.2) is 0 Å². The van der Waals surface area contributed by atoms with Crippen LogP contribution in [0.4, 0.5) is 0 Å². The van der Waals surface area contributed by atoms with E-state index in [2.05, 4.69) is 10.3 Å². The highest BCUT2D eigenvalue weighted by molar-refractivity contribution is 5.94. The highest BCUT2D eigenvalue weighted by Gasteiger charge is 2.20. The Morgan fingerprint density at radius 1 is 1.30 bits per heavy atom. The van der Waals surface area contributed by atoms with Crippen LogP contribution in [-0.2, 0) is 4.79 Å². The van der Waals surface area contributed by atoms with Gasteiger partial charge in [-0.05, 0) is 6.07 Å². The molecule has 0 spiro atoms. The van der Waals surface area contributed by atoms with Gasteiger partial charge in [0.25, 0.3) is 5.91 Å². The number of piperazine rings is 1. The lowest BCUT2D eigenvalue weighted by atomic mass is 10.3. The lowest BCUT2D eigenvalue weighted by Gasteiger charge is -2.29.